The van der Waals surface area contributed by atoms with Crippen molar-refractivity contribution in [2.45, 2.75) is 32.7 Å². The third-order valence-corrected chi connectivity index (χ3v) is 3.18. The van der Waals surface area contributed by atoms with Gasteiger partial charge in [-0.15, -0.1) is 0 Å². The lowest BCUT2D eigenvalue weighted by atomic mass is 10.2. The Hall–Kier alpha value is -1.50. The Labute approximate surface area is 114 Å². The number of amides is 1. The lowest BCUT2D eigenvalue weighted by molar-refractivity contribution is 0.0551. The minimum absolute atomic E-state index is 0.0642. The molecule has 0 bridgehead atoms. The van der Waals surface area contributed by atoms with Gasteiger partial charge in [0, 0.05) is 25.7 Å². The van der Waals surface area contributed by atoms with Crippen molar-refractivity contribution in [1.82, 2.24) is 9.80 Å². The standard InChI is InChI=1S/C12H24N4O3/c1-3-4-7-19-12(17)16-6-5-15(8-10(16)2)9-11(13)14-18/h10,18H,3-9H2,1-2H3,(H2,13,14). The van der Waals surface area contributed by atoms with E-state index in [1.165, 1.54) is 0 Å². The van der Waals surface area contributed by atoms with Gasteiger partial charge in [0.2, 0.25) is 0 Å². The molecule has 7 nitrogen and oxygen atoms in total. The van der Waals surface area contributed by atoms with Crippen LogP contribution in [-0.2, 0) is 4.74 Å². The fourth-order valence-corrected chi connectivity index (χ4v) is 2.10. The molecule has 7 heteroatoms. The molecule has 0 saturated carbocycles. The molecule has 1 atom stereocenters. The van der Waals surface area contributed by atoms with Crippen LogP contribution in [0.2, 0.25) is 0 Å². The predicted molar refractivity (Wildman–Crippen MR) is 72.3 cm³/mol. The SMILES string of the molecule is CCCCOC(=O)N1CCN(CC(N)=NO)CC1C. The van der Waals surface area contributed by atoms with E-state index in [0.29, 0.717) is 32.8 Å². The van der Waals surface area contributed by atoms with E-state index in [2.05, 4.69) is 17.0 Å². The van der Waals surface area contributed by atoms with Gasteiger partial charge in [-0.2, -0.15) is 0 Å². The molecule has 0 aromatic heterocycles. The summed E-state index contributed by atoms with van der Waals surface area (Å²) in [5.41, 5.74) is 5.48. The highest BCUT2D eigenvalue weighted by Gasteiger charge is 2.28. The first-order valence-corrected chi connectivity index (χ1v) is 6.70. The van der Waals surface area contributed by atoms with Crippen LogP contribution in [0, 0.1) is 0 Å². The fraction of sp³-hybridized carbons (Fsp3) is 0.833. The average molecular weight is 272 g/mol. The van der Waals surface area contributed by atoms with E-state index in [1.807, 2.05) is 6.92 Å². The first-order chi connectivity index (χ1) is 9.08. The van der Waals surface area contributed by atoms with Gasteiger partial charge in [-0.25, -0.2) is 4.79 Å². The predicted octanol–water partition coefficient (Wildman–Crippen LogP) is 0.676. The van der Waals surface area contributed by atoms with E-state index in [9.17, 15) is 4.79 Å². The normalized spacial score (nSPS) is 21.5. The molecule has 110 valence electrons. The number of hydrogen-bond acceptors (Lipinski definition) is 5. The zero-order valence-corrected chi connectivity index (χ0v) is 11.7. The summed E-state index contributed by atoms with van der Waals surface area (Å²) < 4.78 is 5.21. The number of amidine groups is 1. The van der Waals surface area contributed by atoms with Crippen molar-refractivity contribution in [3.05, 3.63) is 0 Å². The van der Waals surface area contributed by atoms with Crippen LogP contribution >= 0.6 is 0 Å². The minimum Gasteiger partial charge on any atom is -0.449 e. The Morgan fingerprint density at radius 1 is 1.53 bits per heavy atom. The van der Waals surface area contributed by atoms with E-state index in [4.69, 9.17) is 15.7 Å². The van der Waals surface area contributed by atoms with Crippen LogP contribution in [0.1, 0.15) is 26.7 Å². The maximum absolute atomic E-state index is 11.9. The third-order valence-electron chi connectivity index (χ3n) is 3.18. The van der Waals surface area contributed by atoms with Crippen molar-refractivity contribution in [3.8, 4) is 0 Å². The van der Waals surface area contributed by atoms with Crippen LogP contribution in [0.5, 0.6) is 0 Å². The highest BCUT2D eigenvalue weighted by molar-refractivity contribution is 5.81. The smallest absolute Gasteiger partial charge is 0.410 e. The lowest BCUT2D eigenvalue weighted by Gasteiger charge is -2.38. The molecule has 1 fully saturated rings. The molecule has 1 unspecified atom stereocenters. The summed E-state index contributed by atoms with van der Waals surface area (Å²) in [6.45, 7) is 6.92. The molecule has 0 radical (unpaired) electrons. The summed E-state index contributed by atoms with van der Waals surface area (Å²) in [5, 5.41) is 11.5. The van der Waals surface area contributed by atoms with Gasteiger partial charge in [0.15, 0.2) is 5.84 Å². The van der Waals surface area contributed by atoms with Crippen molar-refractivity contribution in [2.75, 3.05) is 32.8 Å². The van der Waals surface area contributed by atoms with E-state index in [-0.39, 0.29) is 18.0 Å². The highest BCUT2D eigenvalue weighted by atomic mass is 16.6. The van der Waals surface area contributed by atoms with Gasteiger partial charge in [0.05, 0.1) is 13.2 Å². The number of carbonyl (C=O) groups is 1. The van der Waals surface area contributed by atoms with Gasteiger partial charge in [0.1, 0.15) is 0 Å². The van der Waals surface area contributed by atoms with Crippen LogP contribution in [0.25, 0.3) is 0 Å². The Balaban J connectivity index is 2.39. The summed E-state index contributed by atoms with van der Waals surface area (Å²) in [4.78, 5) is 15.7. The van der Waals surface area contributed by atoms with Crippen LogP contribution in [0.3, 0.4) is 0 Å². The topological polar surface area (TPSA) is 91.4 Å². The molecule has 0 aromatic carbocycles. The Morgan fingerprint density at radius 2 is 2.26 bits per heavy atom. The van der Waals surface area contributed by atoms with E-state index < -0.39 is 0 Å². The van der Waals surface area contributed by atoms with Gasteiger partial charge in [-0.3, -0.25) is 4.90 Å². The van der Waals surface area contributed by atoms with Crippen molar-refractivity contribution in [2.24, 2.45) is 10.9 Å². The first kappa shape index (κ1) is 15.6. The van der Waals surface area contributed by atoms with Crippen LogP contribution in [-0.4, -0.2) is 65.8 Å². The van der Waals surface area contributed by atoms with Crippen molar-refractivity contribution in [1.29, 1.82) is 0 Å². The first-order valence-electron chi connectivity index (χ1n) is 6.70. The molecule has 1 saturated heterocycles. The lowest BCUT2D eigenvalue weighted by Crippen LogP contribution is -2.55. The quantitative estimate of drug-likeness (QED) is 0.252. The van der Waals surface area contributed by atoms with Gasteiger partial charge < -0.3 is 20.6 Å². The summed E-state index contributed by atoms with van der Waals surface area (Å²) in [5.74, 6) is 0.186. The van der Waals surface area contributed by atoms with Gasteiger partial charge >= 0.3 is 6.09 Å². The number of oxime groups is 1. The Bertz CT molecular complexity index is 322. The molecule has 3 N–H and O–H groups in total. The molecule has 1 amide bonds. The Kier molecular flexibility index (Phi) is 6.41. The molecule has 0 aromatic rings. The third kappa shape index (κ3) is 4.94. The Morgan fingerprint density at radius 3 is 2.84 bits per heavy atom. The van der Waals surface area contributed by atoms with Gasteiger partial charge in [-0.1, -0.05) is 18.5 Å². The maximum Gasteiger partial charge on any atom is 0.410 e. The number of nitrogens with two attached hydrogens (primary N) is 1. The van der Waals surface area contributed by atoms with E-state index in [1.54, 1.807) is 4.90 Å². The van der Waals surface area contributed by atoms with Crippen LogP contribution in [0.15, 0.2) is 5.16 Å². The van der Waals surface area contributed by atoms with Gasteiger partial charge in [0.25, 0.3) is 0 Å². The number of ether oxygens (including phenoxy) is 1. The number of unbranched alkanes of at least 4 members (excludes halogenated alkanes) is 1. The van der Waals surface area contributed by atoms with Crippen molar-refractivity contribution >= 4 is 11.9 Å². The number of nitrogens with zero attached hydrogens (tertiary/aromatic N) is 3. The zero-order chi connectivity index (χ0) is 14.3. The maximum atomic E-state index is 11.9. The minimum atomic E-state index is -0.246. The molecule has 1 aliphatic heterocycles. The van der Waals surface area contributed by atoms with Crippen molar-refractivity contribution in [3.63, 3.8) is 0 Å². The molecule has 1 rings (SSSR count). The fourth-order valence-electron chi connectivity index (χ4n) is 2.10. The van der Waals surface area contributed by atoms with Gasteiger partial charge in [-0.05, 0) is 13.3 Å². The molecule has 1 aliphatic rings. The van der Waals surface area contributed by atoms with Crippen molar-refractivity contribution < 1.29 is 14.7 Å². The number of rotatable bonds is 5. The zero-order valence-electron chi connectivity index (χ0n) is 11.7. The second-order valence-electron chi connectivity index (χ2n) is 4.84. The average Bonchev–Trinajstić information content (AvgIpc) is 2.38. The monoisotopic (exact) mass is 272 g/mol. The summed E-state index contributed by atoms with van der Waals surface area (Å²) in [6.07, 6.45) is 1.66. The van der Waals surface area contributed by atoms with Crippen LogP contribution in [0.4, 0.5) is 4.79 Å². The number of hydrogen-bond donors (Lipinski definition) is 2. The van der Waals surface area contributed by atoms with E-state index in [0.717, 1.165) is 12.8 Å². The number of piperazine rings is 1. The summed E-state index contributed by atoms with van der Waals surface area (Å²) in [6, 6.07) is 0.0642. The molecule has 0 spiro atoms. The van der Waals surface area contributed by atoms with E-state index >= 15 is 0 Å². The molecule has 1 heterocycles. The molecular weight excluding hydrogens is 248 g/mol. The second-order valence-corrected chi connectivity index (χ2v) is 4.84. The molecule has 19 heavy (non-hydrogen) atoms. The largest absolute Gasteiger partial charge is 0.449 e. The molecule has 0 aliphatic carbocycles. The second kappa shape index (κ2) is 7.83. The summed E-state index contributed by atoms with van der Waals surface area (Å²) in [7, 11) is 0. The summed E-state index contributed by atoms with van der Waals surface area (Å²) >= 11 is 0. The van der Waals surface area contributed by atoms with Crippen LogP contribution < -0.4 is 5.73 Å². The number of carbonyl (C=O) groups excluding carboxylic acids is 1. The highest BCUT2D eigenvalue weighted by Crippen LogP contribution is 2.11. The molecular formula is C12H24N4O3.